The first kappa shape index (κ1) is 22.8. The summed E-state index contributed by atoms with van der Waals surface area (Å²) in [6, 6.07) is 13.3. The molecular formula is C23H26F3N3O2. The number of likely N-dealkylation sites (tertiary alicyclic amines) is 1. The summed E-state index contributed by atoms with van der Waals surface area (Å²) in [5.74, 6) is -0.719. The first-order chi connectivity index (χ1) is 14.8. The van der Waals surface area contributed by atoms with Gasteiger partial charge in [0.05, 0.1) is 17.8 Å². The highest BCUT2D eigenvalue weighted by Crippen LogP contribution is 2.34. The first-order valence-electron chi connectivity index (χ1n) is 10.3. The molecular weight excluding hydrogens is 407 g/mol. The molecule has 0 bridgehead atoms. The largest absolute Gasteiger partial charge is 0.418 e. The topological polar surface area (TPSA) is 52.7 Å². The molecule has 1 aliphatic heterocycles. The van der Waals surface area contributed by atoms with Gasteiger partial charge in [0.15, 0.2) is 0 Å². The van der Waals surface area contributed by atoms with Crippen LogP contribution in [0.2, 0.25) is 0 Å². The maximum absolute atomic E-state index is 13.3. The molecule has 166 valence electrons. The summed E-state index contributed by atoms with van der Waals surface area (Å²) in [6.45, 7) is 1.10. The second-order valence-electron chi connectivity index (χ2n) is 7.71. The lowest BCUT2D eigenvalue weighted by Crippen LogP contribution is -2.45. The van der Waals surface area contributed by atoms with Crippen LogP contribution in [0.5, 0.6) is 0 Å². The Morgan fingerprint density at radius 2 is 1.61 bits per heavy atom. The van der Waals surface area contributed by atoms with Crippen LogP contribution in [-0.4, -0.2) is 48.3 Å². The number of nitrogens with one attached hydrogen (secondary N) is 1. The van der Waals surface area contributed by atoms with Crippen molar-refractivity contribution >= 4 is 17.5 Å². The number of nitrogens with zero attached hydrogens (tertiary/aromatic N) is 2. The van der Waals surface area contributed by atoms with Crippen LogP contribution in [0.1, 0.15) is 36.4 Å². The minimum atomic E-state index is -4.58. The Hall–Kier alpha value is -2.87. The number of alkyl halides is 3. The van der Waals surface area contributed by atoms with Gasteiger partial charge >= 0.3 is 6.18 Å². The minimum Gasteiger partial charge on any atom is -0.341 e. The number of anilines is 1. The van der Waals surface area contributed by atoms with E-state index in [1.165, 1.54) is 18.2 Å². The van der Waals surface area contributed by atoms with E-state index in [0.717, 1.165) is 30.9 Å². The predicted octanol–water partition coefficient (Wildman–Crippen LogP) is 4.33. The molecule has 2 aromatic rings. The zero-order valence-corrected chi connectivity index (χ0v) is 17.4. The van der Waals surface area contributed by atoms with Gasteiger partial charge in [-0.05, 0) is 44.0 Å². The maximum atomic E-state index is 13.3. The van der Waals surface area contributed by atoms with Gasteiger partial charge in [-0.1, -0.05) is 42.5 Å². The summed E-state index contributed by atoms with van der Waals surface area (Å²) in [4.78, 5) is 29.2. The molecule has 31 heavy (non-hydrogen) atoms. The zero-order chi connectivity index (χ0) is 22.4. The van der Waals surface area contributed by atoms with E-state index in [2.05, 4.69) is 5.32 Å². The fraction of sp³-hybridized carbons (Fsp3) is 0.391. The van der Waals surface area contributed by atoms with Gasteiger partial charge in [-0.3, -0.25) is 14.5 Å². The van der Waals surface area contributed by atoms with E-state index in [9.17, 15) is 22.8 Å². The number of benzene rings is 2. The van der Waals surface area contributed by atoms with Crippen molar-refractivity contribution in [3.63, 3.8) is 0 Å². The van der Waals surface area contributed by atoms with E-state index in [4.69, 9.17) is 0 Å². The fourth-order valence-corrected chi connectivity index (χ4v) is 3.85. The van der Waals surface area contributed by atoms with Gasteiger partial charge in [-0.2, -0.15) is 13.2 Å². The third kappa shape index (κ3) is 5.85. The average molecular weight is 433 g/mol. The molecule has 0 radical (unpaired) electrons. The molecule has 1 atom stereocenters. The zero-order valence-electron chi connectivity index (χ0n) is 17.4. The Morgan fingerprint density at radius 1 is 1.00 bits per heavy atom. The Balaban J connectivity index is 1.77. The van der Waals surface area contributed by atoms with Gasteiger partial charge in [-0.25, -0.2) is 0 Å². The molecule has 0 aromatic heterocycles. The van der Waals surface area contributed by atoms with Gasteiger partial charge in [0.25, 0.3) is 0 Å². The number of piperidine rings is 1. The molecule has 0 aliphatic carbocycles. The second kappa shape index (κ2) is 9.96. The first-order valence-corrected chi connectivity index (χ1v) is 10.3. The Bertz CT molecular complexity index is 896. The Labute approximate surface area is 179 Å². The van der Waals surface area contributed by atoms with Crippen molar-refractivity contribution in [3.05, 3.63) is 65.7 Å². The highest BCUT2D eigenvalue weighted by atomic mass is 19.4. The van der Waals surface area contributed by atoms with Gasteiger partial charge in [0, 0.05) is 13.1 Å². The van der Waals surface area contributed by atoms with Crippen molar-refractivity contribution in [2.24, 2.45) is 0 Å². The summed E-state index contributed by atoms with van der Waals surface area (Å²) in [5, 5.41) is 2.35. The number of amides is 2. The number of rotatable bonds is 6. The maximum Gasteiger partial charge on any atom is 0.418 e. The highest BCUT2D eigenvalue weighted by Gasteiger charge is 2.34. The lowest BCUT2D eigenvalue weighted by atomic mass is 10.0. The summed E-state index contributed by atoms with van der Waals surface area (Å²) in [6.07, 6.45) is -1.62. The molecule has 8 heteroatoms. The predicted molar refractivity (Wildman–Crippen MR) is 112 cm³/mol. The van der Waals surface area contributed by atoms with E-state index in [-0.39, 0.29) is 18.1 Å². The number of para-hydroxylation sites is 1. The van der Waals surface area contributed by atoms with Gasteiger partial charge in [0.2, 0.25) is 11.8 Å². The van der Waals surface area contributed by atoms with Gasteiger partial charge in [-0.15, -0.1) is 0 Å². The molecule has 1 fully saturated rings. The van der Waals surface area contributed by atoms with Crippen molar-refractivity contribution in [1.29, 1.82) is 0 Å². The van der Waals surface area contributed by atoms with Crippen LogP contribution in [0.25, 0.3) is 0 Å². The monoisotopic (exact) mass is 433 g/mol. The van der Waals surface area contributed by atoms with Crippen molar-refractivity contribution in [1.82, 2.24) is 9.80 Å². The van der Waals surface area contributed by atoms with Crippen LogP contribution in [0, 0.1) is 0 Å². The normalized spacial score (nSPS) is 15.6. The number of carbonyl (C=O) groups is 2. The molecule has 1 heterocycles. The third-order valence-corrected chi connectivity index (χ3v) is 5.36. The number of halogens is 3. The standard InChI is InChI=1S/C23H26F3N3O2/c1-28(16-20(30)27-19-13-7-6-12-18(19)23(24,25)26)21(17-10-4-2-5-11-17)22(31)29-14-8-3-9-15-29/h2,4-7,10-13,21H,3,8-9,14-16H2,1H3,(H,27,30)/t21-/m1/s1. The van der Waals surface area contributed by atoms with Crippen molar-refractivity contribution in [2.45, 2.75) is 31.5 Å². The minimum absolute atomic E-state index is 0.100. The fourth-order valence-electron chi connectivity index (χ4n) is 3.85. The molecule has 1 saturated heterocycles. The van der Waals surface area contributed by atoms with E-state index in [0.29, 0.717) is 13.1 Å². The number of hydrogen-bond acceptors (Lipinski definition) is 3. The third-order valence-electron chi connectivity index (χ3n) is 5.36. The number of likely N-dealkylation sites (N-methyl/N-ethyl adjacent to an activating group) is 1. The molecule has 0 saturated carbocycles. The molecule has 0 unspecified atom stereocenters. The van der Waals surface area contributed by atoms with E-state index >= 15 is 0 Å². The lowest BCUT2D eigenvalue weighted by molar-refractivity contribution is -0.138. The Kier molecular flexibility index (Phi) is 7.33. The number of hydrogen-bond donors (Lipinski definition) is 1. The summed E-state index contributed by atoms with van der Waals surface area (Å²) >= 11 is 0. The summed E-state index contributed by atoms with van der Waals surface area (Å²) < 4.78 is 39.6. The highest BCUT2D eigenvalue weighted by molar-refractivity contribution is 5.93. The van der Waals surface area contributed by atoms with Crippen LogP contribution in [0.3, 0.4) is 0 Å². The molecule has 0 spiro atoms. The van der Waals surface area contributed by atoms with Crippen molar-refractivity contribution in [3.8, 4) is 0 Å². The molecule has 2 aromatic carbocycles. The smallest absolute Gasteiger partial charge is 0.341 e. The van der Waals surface area contributed by atoms with Crippen LogP contribution in [0.15, 0.2) is 54.6 Å². The van der Waals surface area contributed by atoms with E-state index in [1.54, 1.807) is 16.8 Å². The molecule has 1 N–H and O–H groups in total. The van der Waals surface area contributed by atoms with Crippen LogP contribution in [-0.2, 0) is 15.8 Å². The summed E-state index contributed by atoms with van der Waals surface area (Å²) in [7, 11) is 1.63. The van der Waals surface area contributed by atoms with Crippen LogP contribution < -0.4 is 5.32 Å². The molecule has 1 aliphatic rings. The van der Waals surface area contributed by atoms with Crippen LogP contribution in [0.4, 0.5) is 18.9 Å². The SMILES string of the molecule is CN(CC(=O)Nc1ccccc1C(F)(F)F)[C@@H](C(=O)N1CCCCC1)c1ccccc1. The molecule has 5 nitrogen and oxygen atoms in total. The van der Waals surface area contributed by atoms with E-state index < -0.39 is 23.7 Å². The van der Waals surface area contributed by atoms with Crippen LogP contribution >= 0.6 is 0 Å². The van der Waals surface area contributed by atoms with Gasteiger partial charge in [0.1, 0.15) is 6.04 Å². The van der Waals surface area contributed by atoms with Gasteiger partial charge < -0.3 is 10.2 Å². The Morgan fingerprint density at radius 3 is 2.26 bits per heavy atom. The molecule has 2 amide bonds. The lowest BCUT2D eigenvalue weighted by Gasteiger charge is -2.34. The average Bonchev–Trinajstić information content (AvgIpc) is 2.74. The van der Waals surface area contributed by atoms with Crippen molar-refractivity contribution in [2.75, 3.05) is 32.0 Å². The summed E-state index contributed by atoms with van der Waals surface area (Å²) in [5.41, 5.74) is -0.467. The molecule has 3 rings (SSSR count). The quantitative estimate of drug-likeness (QED) is 0.738. The number of carbonyl (C=O) groups excluding carboxylic acids is 2. The van der Waals surface area contributed by atoms with E-state index in [1.807, 2.05) is 30.3 Å². The second-order valence-corrected chi connectivity index (χ2v) is 7.71. The van der Waals surface area contributed by atoms with Crippen molar-refractivity contribution < 1.29 is 22.8 Å².